The molecule has 6 atom stereocenters. The van der Waals surface area contributed by atoms with Gasteiger partial charge < -0.3 is 19.3 Å². The van der Waals surface area contributed by atoms with Crippen molar-refractivity contribution in [2.45, 2.75) is 30.5 Å². The number of rotatable bonds is 0. The number of fused-ring (bicyclic) bond motifs is 1. The Balaban J connectivity index is 1.85. The fourth-order valence-corrected chi connectivity index (χ4v) is 3.58. The van der Waals surface area contributed by atoms with Crippen molar-refractivity contribution in [2.75, 3.05) is 13.2 Å². The third kappa shape index (κ3) is 0.793. The van der Waals surface area contributed by atoms with Crippen LogP contribution in [0.15, 0.2) is 0 Å². The van der Waals surface area contributed by atoms with E-state index < -0.39 is 11.9 Å². The van der Waals surface area contributed by atoms with Gasteiger partial charge in [0.05, 0.1) is 25.4 Å². The Morgan fingerprint density at radius 1 is 1.47 bits per heavy atom. The molecule has 5 heteroatoms. The van der Waals surface area contributed by atoms with E-state index in [9.17, 15) is 9.90 Å². The van der Waals surface area contributed by atoms with E-state index in [-0.39, 0.29) is 29.8 Å². The molecule has 4 rings (SSSR count). The number of hydrogen-bond acceptors (Lipinski definition) is 5. The van der Waals surface area contributed by atoms with E-state index in [1.165, 1.54) is 0 Å². The van der Waals surface area contributed by atoms with Crippen molar-refractivity contribution in [3.8, 4) is 0 Å². The number of Topliss-reactive ketones (excluding diaryl/α,β-unsaturated/α-hetero) is 1. The molecule has 0 aliphatic carbocycles. The van der Waals surface area contributed by atoms with Gasteiger partial charge in [0.15, 0.2) is 17.7 Å². The van der Waals surface area contributed by atoms with E-state index in [0.29, 0.717) is 19.6 Å². The first-order chi connectivity index (χ1) is 7.22. The zero-order chi connectivity index (χ0) is 10.2. The minimum absolute atomic E-state index is 0.0162. The summed E-state index contributed by atoms with van der Waals surface area (Å²) in [6.07, 6.45) is -0.778. The van der Waals surface area contributed by atoms with Gasteiger partial charge >= 0.3 is 0 Å². The predicted octanol–water partition coefficient (Wildman–Crippen LogP) is -0.923. The van der Waals surface area contributed by atoms with Crippen LogP contribution in [0.25, 0.3) is 0 Å². The Morgan fingerprint density at radius 2 is 2.33 bits per heavy atom. The summed E-state index contributed by atoms with van der Waals surface area (Å²) < 4.78 is 16.5. The van der Waals surface area contributed by atoms with E-state index in [1.807, 2.05) is 0 Å². The SMILES string of the molecule is O=C1C[C@H]2O[C@H](O)[C@@H]3[C@H]2O[C@]12COC[C@@H]32. The molecule has 0 radical (unpaired) electrons. The molecule has 4 heterocycles. The van der Waals surface area contributed by atoms with Crippen LogP contribution in [0.3, 0.4) is 0 Å². The molecule has 82 valence electrons. The summed E-state index contributed by atoms with van der Waals surface area (Å²) in [5.41, 5.74) is -0.753. The first-order valence-corrected chi connectivity index (χ1v) is 5.35. The van der Waals surface area contributed by atoms with Crippen molar-refractivity contribution >= 4 is 5.78 Å². The van der Waals surface area contributed by atoms with Crippen LogP contribution in [-0.2, 0) is 19.0 Å². The third-order valence-corrected chi connectivity index (χ3v) is 4.27. The molecule has 1 spiro atoms. The fraction of sp³-hybridized carbons (Fsp3) is 0.900. The number of ketones is 1. The molecule has 4 saturated heterocycles. The highest BCUT2D eigenvalue weighted by molar-refractivity contribution is 5.90. The van der Waals surface area contributed by atoms with E-state index in [1.54, 1.807) is 0 Å². The number of hydrogen-bond donors (Lipinski definition) is 1. The average molecular weight is 212 g/mol. The molecule has 4 aliphatic heterocycles. The highest BCUT2D eigenvalue weighted by Crippen LogP contribution is 2.55. The Kier molecular flexibility index (Phi) is 1.40. The number of aliphatic hydroxyl groups excluding tert-OH is 1. The molecular formula is C10H12O5. The van der Waals surface area contributed by atoms with Gasteiger partial charge in [-0.3, -0.25) is 4.79 Å². The Labute approximate surface area is 86.3 Å². The smallest absolute Gasteiger partial charge is 0.170 e. The van der Waals surface area contributed by atoms with E-state index in [0.717, 1.165) is 0 Å². The molecular weight excluding hydrogens is 200 g/mol. The molecule has 5 nitrogen and oxygen atoms in total. The van der Waals surface area contributed by atoms with E-state index >= 15 is 0 Å². The lowest BCUT2D eigenvalue weighted by atomic mass is 9.81. The highest BCUT2D eigenvalue weighted by Gasteiger charge is 2.71. The van der Waals surface area contributed by atoms with Crippen molar-refractivity contribution < 1.29 is 24.1 Å². The zero-order valence-electron chi connectivity index (χ0n) is 8.09. The average Bonchev–Trinajstić information content (AvgIpc) is 2.74. The maximum absolute atomic E-state index is 12.0. The van der Waals surface area contributed by atoms with Crippen LogP contribution in [0.5, 0.6) is 0 Å². The topological polar surface area (TPSA) is 65.0 Å². The van der Waals surface area contributed by atoms with E-state index in [2.05, 4.69) is 0 Å². The van der Waals surface area contributed by atoms with Gasteiger partial charge in [-0.25, -0.2) is 0 Å². The molecule has 4 fully saturated rings. The van der Waals surface area contributed by atoms with Crippen molar-refractivity contribution in [1.29, 1.82) is 0 Å². The second-order valence-corrected chi connectivity index (χ2v) is 4.86. The van der Waals surface area contributed by atoms with Crippen LogP contribution < -0.4 is 0 Å². The quantitative estimate of drug-likeness (QED) is 0.562. The van der Waals surface area contributed by atoms with Gasteiger partial charge in [0, 0.05) is 18.3 Å². The lowest BCUT2D eigenvalue weighted by Crippen LogP contribution is -2.51. The number of carbonyl (C=O) groups excluding carboxylic acids is 1. The van der Waals surface area contributed by atoms with Gasteiger partial charge in [0.1, 0.15) is 0 Å². The molecule has 4 aliphatic rings. The Hall–Kier alpha value is -0.490. The number of carbonyl (C=O) groups is 1. The maximum atomic E-state index is 12.0. The normalized spacial score (nSPS) is 61.1. The summed E-state index contributed by atoms with van der Waals surface area (Å²) in [6, 6.07) is 0. The molecule has 0 aromatic rings. The van der Waals surface area contributed by atoms with Crippen LogP contribution in [-0.4, -0.2) is 48.2 Å². The van der Waals surface area contributed by atoms with Crippen LogP contribution >= 0.6 is 0 Å². The van der Waals surface area contributed by atoms with Crippen LogP contribution in [0, 0.1) is 11.8 Å². The Bertz CT molecular complexity index is 343. The highest BCUT2D eigenvalue weighted by atomic mass is 16.7. The molecule has 0 unspecified atom stereocenters. The molecule has 2 bridgehead atoms. The van der Waals surface area contributed by atoms with Gasteiger partial charge in [0.25, 0.3) is 0 Å². The van der Waals surface area contributed by atoms with Crippen LogP contribution in [0.1, 0.15) is 6.42 Å². The summed E-state index contributed by atoms with van der Waals surface area (Å²) in [4.78, 5) is 12.0. The predicted molar refractivity (Wildman–Crippen MR) is 45.9 cm³/mol. The summed E-state index contributed by atoms with van der Waals surface area (Å²) in [5.74, 6) is -0.0119. The third-order valence-electron chi connectivity index (χ3n) is 4.27. The van der Waals surface area contributed by atoms with Gasteiger partial charge in [-0.15, -0.1) is 0 Å². The van der Waals surface area contributed by atoms with Gasteiger partial charge in [-0.05, 0) is 0 Å². The molecule has 0 aromatic heterocycles. The minimum atomic E-state index is -0.790. The lowest BCUT2D eigenvalue weighted by Gasteiger charge is -2.34. The Morgan fingerprint density at radius 3 is 3.20 bits per heavy atom. The first-order valence-electron chi connectivity index (χ1n) is 5.35. The summed E-state index contributed by atoms with van der Waals surface area (Å²) in [5, 5.41) is 9.78. The fourth-order valence-electron chi connectivity index (χ4n) is 3.58. The minimum Gasteiger partial charge on any atom is -0.378 e. The summed E-state index contributed by atoms with van der Waals surface area (Å²) in [7, 11) is 0. The maximum Gasteiger partial charge on any atom is 0.170 e. The lowest BCUT2D eigenvalue weighted by molar-refractivity contribution is -0.182. The van der Waals surface area contributed by atoms with E-state index in [4.69, 9.17) is 14.2 Å². The second kappa shape index (κ2) is 2.43. The standard InChI is InChI=1S/C10H12O5/c11-6-1-5-8-7(9(12)14-5)4-2-13-3-10(4,6)15-8/h4-5,7-9,12H,1-3H2/t4-,5+,7-,8-,9-,10-/m0/s1. The van der Waals surface area contributed by atoms with Gasteiger partial charge in [-0.1, -0.05) is 0 Å². The molecule has 1 N–H and O–H groups in total. The second-order valence-electron chi connectivity index (χ2n) is 4.86. The number of aliphatic hydroxyl groups is 1. The molecule has 15 heavy (non-hydrogen) atoms. The molecule has 0 saturated carbocycles. The largest absolute Gasteiger partial charge is 0.378 e. The van der Waals surface area contributed by atoms with Gasteiger partial charge in [0.2, 0.25) is 0 Å². The molecule has 0 amide bonds. The van der Waals surface area contributed by atoms with Gasteiger partial charge in [-0.2, -0.15) is 0 Å². The zero-order valence-corrected chi connectivity index (χ0v) is 8.09. The van der Waals surface area contributed by atoms with Crippen molar-refractivity contribution in [3.63, 3.8) is 0 Å². The molecule has 0 aromatic carbocycles. The summed E-state index contributed by atoms with van der Waals surface area (Å²) in [6.45, 7) is 0.850. The number of ether oxygens (including phenoxy) is 3. The van der Waals surface area contributed by atoms with Crippen molar-refractivity contribution in [3.05, 3.63) is 0 Å². The summed E-state index contributed by atoms with van der Waals surface area (Å²) >= 11 is 0. The van der Waals surface area contributed by atoms with Crippen molar-refractivity contribution in [2.24, 2.45) is 11.8 Å². The van der Waals surface area contributed by atoms with Crippen LogP contribution in [0.4, 0.5) is 0 Å². The monoisotopic (exact) mass is 212 g/mol. The van der Waals surface area contributed by atoms with Crippen LogP contribution in [0.2, 0.25) is 0 Å². The van der Waals surface area contributed by atoms with Crippen molar-refractivity contribution in [1.82, 2.24) is 0 Å². The first kappa shape index (κ1) is 8.64.